The lowest BCUT2D eigenvalue weighted by Crippen LogP contribution is -2.45. The summed E-state index contributed by atoms with van der Waals surface area (Å²) in [5.74, 6) is 1.06. The summed E-state index contributed by atoms with van der Waals surface area (Å²) < 4.78 is 6.18. The van der Waals surface area contributed by atoms with E-state index in [1.807, 2.05) is 0 Å². The molecule has 3 aliphatic heterocycles. The second-order valence-electron chi connectivity index (χ2n) is 10.4. The van der Waals surface area contributed by atoms with Crippen LogP contribution in [0.25, 0.3) is 0 Å². The van der Waals surface area contributed by atoms with Gasteiger partial charge in [0.15, 0.2) is 0 Å². The van der Waals surface area contributed by atoms with Gasteiger partial charge in [-0.05, 0) is 63.7 Å². The Bertz CT molecular complexity index is 1060. The van der Waals surface area contributed by atoms with Gasteiger partial charge in [-0.1, -0.05) is 18.6 Å². The maximum absolute atomic E-state index is 8.04. The molecule has 0 spiro atoms. The molecule has 0 saturated carbocycles. The Hall–Kier alpha value is -2.71. The topological polar surface area (TPSA) is 80.6 Å². The number of aryl methyl sites for hydroxylation is 2. The summed E-state index contributed by atoms with van der Waals surface area (Å²) in [6.45, 7) is 13.9. The molecule has 1 aromatic carbocycles. The number of hydrogen-bond acceptors (Lipinski definition) is 8. The Kier molecular flexibility index (Phi) is 8.02. The standard InChI is InChI=1S/C28H41N7O/c1-21-7-8-22(2)26(24(21)19-29)35-15-9-23-25(20-35)31-28(32-27(23)34-16-10-30-11-17-34)36-18-6-14-33-12-4-3-5-13-33/h7-8,19,29-30H,3-6,9-18,20H2,1-2H3. The highest BCUT2D eigenvalue weighted by Crippen LogP contribution is 2.34. The van der Waals surface area contributed by atoms with Crippen molar-refractivity contribution in [2.45, 2.75) is 52.5 Å². The van der Waals surface area contributed by atoms with Crippen LogP contribution in [0.2, 0.25) is 0 Å². The minimum atomic E-state index is 0.510. The van der Waals surface area contributed by atoms with E-state index in [2.05, 4.69) is 46.0 Å². The van der Waals surface area contributed by atoms with Crippen molar-refractivity contribution in [3.05, 3.63) is 40.1 Å². The number of piperazine rings is 1. The molecule has 0 atom stereocenters. The highest BCUT2D eigenvalue weighted by atomic mass is 16.5. The van der Waals surface area contributed by atoms with E-state index in [4.69, 9.17) is 20.1 Å². The number of ether oxygens (including phenoxy) is 1. The summed E-state index contributed by atoms with van der Waals surface area (Å²) in [6, 6.07) is 4.78. The predicted molar refractivity (Wildman–Crippen MR) is 146 cm³/mol. The number of fused-ring (bicyclic) bond motifs is 1. The number of likely N-dealkylation sites (tertiary alicyclic amines) is 1. The Morgan fingerprint density at radius 1 is 0.972 bits per heavy atom. The highest BCUT2D eigenvalue weighted by molar-refractivity contribution is 5.89. The van der Waals surface area contributed by atoms with Crippen molar-refractivity contribution in [2.24, 2.45) is 0 Å². The zero-order valence-electron chi connectivity index (χ0n) is 22.0. The number of benzene rings is 1. The van der Waals surface area contributed by atoms with Crippen LogP contribution in [0.5, 0.6) is 6.01 Å². The van der Waals surface area contributed by atoms with E-state index in [-0.39, 0.29) is 0 Å². The first-order valence-electron chi connectivity index (χ1n) is 13.7. The number of nitrogens with zero attached hydrogens (tertiary/aromatic N) is 5. The molecule has 0 amide bonds. The molecule has 2 saturated heterocycles. The maximum Gasteiger partial charge on any atom is 0.318 e. The second kappa shape index (κ2) is 11.6. The largest absolute Gasteiger partial charge is 0.463 e. The van der Waals surface area contributed by atoms with Crippen molar-refractivity contribution < 1.29 is 4.74 Å². The Morgan fingerprint density at radius 2 is 1.75 bits per heavy atom. The first-order valence-corrected chi connectivity index (χ1v) is 13.7. The summed E-state index contributed by atoms with van der Waals surface area (Å²) in [5, 5.41) is 11.5. The molecule has 2 fully saturated rings. The fraction of sp³-hybridized carbons (Fsp3) is 0.607. The minimum Gasteiger partial charge on any atom is -0.463 e. The molecule has 4 heterocycles. The SMILES string of the molecule is Cc1ccc(C)c(N2CCc3c(nc(OCCCN4CCCCC4)nc3N3CCNCC3)C2)c1C=N. The van der Waals surface area contributed by atoms with Crippen molar-refractivity contribution >= 4 is 17.7 Å². The van der Waals surface area contributed by atoms with Crippen LogP contribution in [0.15, 0.2) is 12.1 Å². The fourth-order valence-corrected chi connectivity index (χ4v) is 5.84. The minimum absolute atomic E-state index is 0.510. The first kappa shape index (κ1) is 25.0. The van der Waals surface area contributed by atoms with Gasteiger partial charge < -0.3 is 30.2 Å². The normalized spacial score (nSPS) is 18.7. The molecule has 3 aliphatic rings. The lowest BCUT2D eigenvalue weighted by atomic mass is 9.98. The highest BCUT2D eigenvalue weighted by Gasteiger charge is 2.28. The Labute approximate surface area is 215 Å². The quantitative estimate of drug-likeness (QED) is 0.433. The summed E-state index contributed by atoms with van der Waals surface area (Å²) >= 11 is 0. The monoisotopic (exact) mass is 491 g/mol. The summed E-state index contributed by atoms with van der Waals surface area (Å²) in [4.78, 5) is 17.2. The molecule has 1 aromatic heterocycles. The van der Waals surface area contributed by atoms with E-state index in [1.165, 1.54) is 49.7 Å². The van der Waals surface area contributed by atoms with Gasteiger partial charge in [0.2, 0.25) is 0 Å². The smallest absolute Gasteiger partial charge is 0.318 e. The van der Waals surface area contributed by atoms with Crippen molar-refractivity contribution in [1.29, 1.82) is 5.41 Å². The van der Waals surface area contributed by atoms with Gasteiger partial charge in [-0.25, -0.2) is 0 Å². The van der Waals surface area contributed by atoms with Crippen molar-refractivity contribution in [2.75, 3.05) is 68.8 Å². The molecule has 0 radical (unpaired) electrons. The zero-order chi connectivity index (χ0) is 24.9. The zero-order valence-corrected chi connectivity index (χ0v) is 22.0. The van der Waals surface area contributed by atoms with Crippen LogP contribution in [0.1, 0.15) is 53.6 Å². The molecule has 36 heavy (non-hydrogen) atoms. The molecule has 0 aliphatic carbocycles. The van der Waals surface area contributed by atoms with Gasteiger partial charge in [-0.15, -0.1) is 0 Å². The van der Waals surface area contributed by atoms with Gasteiger partial charge in [0, 0.05) is 62.3 Å². The van der Waals surface area contributed by atoms with Gasteiger partial charge in [-0.3, -0.25) is 0 Å². The third-order valence-corrected chi connectivity index (χ3v) is 7.84. The fourth-order valence-electron chi connectivity index (χ4n) is 5.84. The number of hydrogen-bond donors (Lipinski definition) is 2. The second-order valence-corrected chi connectivity index (χ2v) is 10.4. The first-order chi connectivity index (χ1) is 17.6. The van der Waals surface area contributed by atoms with Crippen LogP contribution in [0, 0.1) is 19.3 Å². The van der Waals surface area contributed by atoms with E-state index in [0.717, 1.165) is 80.4 Å². The van der Waals surface area contributed by atoms with Crippen LogP contribution in [0.4, 0.5) is 11.5 Å². The lowest BCUT2D eigenvalue weighted by Gasteiger charge is -2.36. The van der Waals surface area contributed by atoms with Gasteiger partial charge in [-0.2, -0.15) is 9.97 Å². The molecule has 2 aromatic rings. The van der Waals surface area contributed by atoms with Crippen LogP contribution < -0.4 is 19.9 Å². The molecule has 0 bridgehead atoms. The van der Waals surface area contributed by atoms with Crippen LogP contribution >= 0.6 is 0 Å². The van der Waals surface area contributed by atoms with Gasteiger partial charge in [0.1, 0.15) is 5.82 Å². The van der Waals surface area contributed by atoms with Crippen LogP contribution in [-0.2, 0) is 13.0 Å². The van der Waals surface area contributed by atoms with Crippen molar-refractivity contribution in [3.63, 3.8) is 0 Å². The van der Waals surface area contributed by atoms with Crippen LogP contribution in [-0.4, -0.2) is 80.0 Å². The molecule has 8 nitrogen and oxygen atoms in total. The van der Waals surface area contributed by atoms with E-state index in [1.54, 1.807) is 0 Å². The lowest BCUT2D eigenvalue weighted by molar-refractivity contribution is 0.200. The van der Waals surface area contributed by atoms with Crippen molar-refractivity contribution in [1.82, 2.24) is 20.2 Å². The summed E-state index contributed by atoms with van der Waals surface area (Å²) in [6.07, 6.45) is 7.40. The molecule has 2 N–H and O–H groups in total. The van der Waals surface area contributed by atoms with Gasteiger partial charge >= 0.3 is 6.01 Å². The molecule has 0 unspecified atom stereocenters. The van der Waals surface area contributed by atoms with Crippen molar-refractivity contribution in [3.8, 4) is 6.01 Å². The number of anilines is 2. The third-order valence-electron chi connectivity index (χ3n) is 7.84. The molecular formula is C28H41N7O. The molecule has 5 rings (SSSR count). The van der Waals surface area contributed by atoms with E-state index >= 15 is 0 Å². The Balaban J connectivity index is 1.37. The third kappa shape index (κ3) is 5.49. The molecular weight excluding hydrogens is 450 g/mol. The number of rotatable bonds is 8. The number of piperidine rings is 1. The van der Waals surface area contributed by atoms with E-state index in [9.17, 15) is 0 Å². The van der Waals surface area contributed by atoms with Crippen LogP contribution in [0.3, 0.4) is 0 Å². The van der Waals surface area contributed by atoms with Gasteiger partial charge in [0.25, 0.3) is 0 Å². The van der Waals surface area contributed by atoms with E-state index < -0.39 is 0 Å². The Morgan fingerprint density at radius 3 is 2.53 bits per heavy atom. The molecule has 8 heteroatoms. The van der Waals surface area contributed by atoms with E-state index in [0.29, 0.717) is 19.2 Å². The predicted octanol–water partition coefficient (Wildman–Crippen LogP) is 3.32. The average Bonchev–Trinajstić information content (AvgIpc) is 2.92. The summed E-state index contributed by atoms with van der Waals surface area (Å²) in [7, 11) is 0. The maximum atomic E-state index is 8.04. The number of nitrogens with one attached hydrogen (secondary N) is 2. The summed E-state index contributed by atoms with van der Waals surface area (Å²) in [5.41, 5.74) is 6.82. The average molecular weight is 492 g/mol. The number of aromatic nitrogens is 2. The van der Waals surface area contributed by atoms with Gasteiger partial charge in [0.05, 0.1) is 18.8 Å². The molecule has 194 valence electrons.